The van der Waals surface area contributed by atoms with Gasteiger partial charge in [-0.2, -0.15) is 0 Å². The number of carboxylic acid groups (broad SMARTS) is 1. The molecular formula is C14H17NO3. The van der Waals surface area contributed by atoms with Crippen LogP contribution in [0.25, 0.3) is 11.0 Å². The van der Waals surface area contributed by atoms with E-state index in [0.717, 1.165) is 29.6 Å². The molecule has 4 nitrogen and oxygen atoms in total. The number of aliphatic carboxylic acids is 1. The maximum absolute atomic E-state index is 10.6. The number of rotatable bonds is 6. The topological polar surface area (TPSA) is 53.7 Å². The maximum Gasteiger partial charge on any atom is 0.304 e. The van der Waals surface area contributed by atoms with Crippen LogP contribution in [0, 0.1) is 0 Å². The number of benzene rings is 1. The molecule has 0 unspecified atom stereocenters. The summed E-state index contributed by atoms with van der Waals surface area (Å²) in [6.45, 7) is 4.14. The third kappa shape index (κ3) is 2.90. The first kappa shape index (κ1) is 12.6. The normalized spacial score (nSPS) is 11.2. The lowest BCUT2D eigenvalue weighted by molar-refractivity contribution is -0.137. The van der Waals surface area contributed by atoms with Crippen molar-refractivity contribution in [3.8, 4) is 0 Å². The number of carboxylic acids is 1. The summed E-state index contributed by atoms with van der Waals surface area (Å²) in [4.78, 5) is 12.7. The lowest BCUT2D eigenvalue weighted by Gasteiger charge is -2.18. The second-order valence-corrected chi connectivity index (χ2v) is 4.27. The summed E-state index contributed by atoms with van der Waals surface area (Å²) in [5, 5.41) is 9.81. The van der Waals surface area contributed by atoms with Gasteiger partial charge >= 0.3 is 5.97 Å². The Morgan fingerprint density at radius 3 is 2.89 bits per heavy atom. The minimum Gasteiger partial charge on any atom is -0.481 e. The van der Waals surface area contributed by atoms with Crippen LogP contribution in [-0.4, -0.2) is 29.1 Å². The van der Waals surface area contributed by atoms with E-state index in [2.05, 4.69) is 4.90 Å². The predicted molar refractivity (Wildman–Crippen MR) is 69.4 cm³/mol. The van der Waals surface area contributed by atoms with Crippen molar-refractivity contribution in [3.05, 3.63) is 36.1 Å². The van der Waals surface area contributed by atoms with Gasteiger partial charge in [0.2, 0.25) is 0 Å². The molecule has 1 N–H and O–H groups in total. The summed E-state index contributed by atoms with van der Waals surface area (Å²) >= 11 is 0. The highest BCUT2D eigenvalue weighted by Gasteiger charge is 2.10. The van der Waals surface area contributed by atoms with Crippen molar-refractivity contribution in [2.75, 3.05) is 13.1 Å². The molecule has 2 aromatic rings. The van der Waals surface area contributed by atoms with Gasteiger partial charge in [0, 0.05) is 24.0 Å². The monoisotopic (exact) mass is 247 g/mol. The molecule has 0 bridgehead atoms. The van der Waals surface area contributed by atoms with Gasteiger partial charge in [-0.1, -0.05) is 25.1 Å². The van der Waals surface area contributed by atoms with Gasteiger partial charge in [0.1, 0.15) is 5.58 Å². The van der Waals surface area contributed by atoms with Crippen molar-refractivity contribution in [2.24, 2.45) is 0 Å². The number of para-hydroxylation sites is 1. The first-order valence-electron chi connectivity index (χ1n) is 6.10. The molecule has 0 saturated carbocycles. The fraction of sp³-hybridized carbons (Fsp3) is 0.357. The second-order valence-electron chi connectivity index (χ2n) is 4.27. The van der Waals surface area contributed by atoms with Gasteiger partial charge < -0.3 is 9.52 Å². The number of carbonyl (C=O) groups is 1. The standard InChI is InChI=1S/C14H17NO3/c1-2-15(8-7-14(16)17)9-11-10-18-13-6-4-3-5-12(11)13/h3-6,10H,2,7-9H2,1H3,(H,16,17). The van der Waals surface area contributed by atoms with Gasteiger partial charge in [-0.05, 0) is 12.6 Å². The number of hydrogen-bond donors (Lipinski definition) is 1. The molecule has 2 rings (SSSR count). The van der Waals surface area contributed by atoms with Gasteiger partial charge in [-0.3, -0.25) is 9.69 Å². The third-order valence-corrected chi connectivity index (χ3v) is 3.04. The summed E-state index contributed by atoms with van der Waals surface area (Å²) in [6, 6.07) is 7.89. The fourth-order valence-electron chi connectivity index (χ4n) is 2.00. The van der Waals surface area contributed by atoms with E-state index in [1.54, 1.807) is 6.26 Å². The average molecular weight is 247 g/mol. The van der Waals surface area contributed by atoms with Gasteiger partial charge in [0.05, 0.1) is 12.7 Å². The predicted octanol–water partition coefficient (Wildman–Crippen LogP) is 2.73. The fourth-order valence-corrected chi connectivity index (χ4v) is 2.00. The highest BCUT2D eigenvalue weighted by atomic mass is 16.4. The Bertz CT molecular complexity index is 533. The molecule has 0 saturated heterocycles. The molecule has 0 radical (unpaired) electrons. The van der Waals surface area contributed by atoms with Crippen LogP contribution in [0.2, 0.25) is 0 Å². The van der Waals surface area contributed by atoms with Crippen LogP contribution < -0.4 is 0 Å². The smallest absolute Gasteiger partial charge is 0.304 e. The highest BCUT2D eigenvalue weighted by molar-refractivity contribution is 5.80. The molecule has 96 valence electrons. The van der Waals surface area contributed by atoms with E-state index in [-0.39, 0.29) is 6.42 Å². The quantitative estimate of drug-likeness (QED) is 0.852. The van der Waals surface area contributed by atoms with Crippen LogP contribution in [0.15, 0.2) is 34.9 Å². The Balaban J connectivity index is 2.09. The van der Waals surface area contributed by atoms with E-state index in [1.165, 1.54) is 0 Å². The molecule has 18 heavy (non-hydrogen) atoms. The molecule has 0 aliphatic rings. The van der Waals surface area contributed by atoms with Gasteiger partial charge in [0.15, 0.2) is 0 Å². The van der Waals surface area contributed by atoms with Crippen molar-refractivity contribution in [3.63, 3.8) is 0 Å². The largest absolute Gasteiger partial charge is 0.481 e. The summed E-state index contributed by atoms with van der Waals surface area (Å²) in [5.41, 5.74) is 1.99. The molecule has 0 spiro atoms. The minimum absolute atomic E-state index is 0.170. The Morgan fingerprint density at radius 2 is 2.17 bits per heavy atom. The Hall–Kier alpha value is -1.81. The van der Waals surface area contributed by atoms with Crippen LogP contribution in [0.3, 0.4) is 0 Å². The third-order valence-electron chi connectivity index (χ3n) is 3.04. The van der Waals surface area contributed by atoms with Crippen molar-refractivity contribution < 1.29 is 14.3 Å². The first-order valence-corrected chi connectivity index (χ1v) is 6.10. The van der Waals surface area contributed by atoms with Gasteiger partial charge in [-0.25, -0.2) is 0 Å². The van der Waals surface area contributed by atoms with Crippen LogP contribution in [0.4, 0.5) is 0 Å². The molecule has 4 heteroatoms. The van der Waals surface area contributed by atoms with Gasteiger partial charge in [0.25, 0.3) is 0 Å². The van der Waals surface area contributed by atoms with Crippen LogP contribution in [0.5, 0.6) is 0 Å². The zero-order valence-electron chi connectivity index (χ0n) is 10.4. The zero-order valence-corrected chi connectivity index (χ0v) is 10.4. The zero-order chi connectivity index (χ0) is 13.0. The van der Waals surface area contributed by atoms with E-state index in [1.807, 2.05) is 31.2 Å². The van der Waals surface area contributed by atoms with Crippen LogP contribution in [-0.2, 0) is 11.3 Å². The lowest BCUT2D eigenvalue weighted by Crippen LogP contribution is -2.25. The van der Waals surface area contributed by atoms with Crippen LogP contribution in [0.1, 0.15) is 18.9 Å². The van der Waals surface area contributed by atoms with E-state index in [4.69, 9.17) is 9.52 Å². The second kappa shape index (κ2) is 5.69. The molecular weight excluding hydrogens is 230 g/mol. The van der Waals surface area contributed by atoms with Crippen molar-refractivity contribution >= 4 is 16.9 Å². The first-order chi connectivity index (χ1) is 8.70. The molecule has 0 aliphatic heterocycles. The van der Waals surface area contributed by atoms with E-state index in [9.17, 15) is 4.79 Å². The van der Waals surface area contributed by atoms with Crippen LogP contribution >= 0.6 is 0 Å². The Kier molecular flexibility index (Phi) is 3.99. The number of furan rings is 1. The lowest BCUT2D eigenvalue weighted by atomic mass is 10.1. The maximum atomic E-state index is 10.6. The van der Waals surface area contributed by atoms with Crippen molar-refractivity contribution in [1.82, 2.24) is 4.90 Å². The van der Waals surface area contributed by atoms with E-state index < -0.39 is 5.97 Å². The molecule has 0 atom stereocenters. The van der Waals surface area contributed by atoms with Crippen molar-refractivity contribution in [1.29, 1.82) is 0 Å². The van der Waals surface area contributed by atoms with Crippen molar-refractivity contribution in [2.45, 2.75) is 19.9 Å². The average Bonchev–Trinajstić information content (AvgIpc) is 2.77. The summed E-state index contributed by atoms with van der Waals surface area (Å²) in [6.07, 6.45) is 1.93. The number of hydrogen-bond acceptors (Lipinski definition) is 3. The number of fused-ring (bicyclic) bond motifs is 1. The SMILES string of the molecule is CCN(CCC(=O)O)Cc1coc2ccccc12. The van der Waals surface area contributed by atoms with E-state index in [0.29, 0.717) is 6.54 Å². The Labute approximate surface area is 106 Å². The molecule has 0 amide bonds. The summed E-state index contributed by atoms with van der Waals surface area (Å²) in [7, 11) is 0. The molecule has 1 heterocycles. The minimum atomic E-state index is -0.759. The highest BCUT2D eigenvalue weighted by Crippen LogP contribution is 2.21. The van der Waals surface area contributed by atoms with E-state index >= 15 is 0 Å². The molecule has 1 aromatic heterocycles. The van der Waals surface area contributed by atoms with Gasteiger partial charge in [-0.15, -0.1) is 0 Å². The molecule has 0 aliphatic carbocycles. The number of nitrogens with zero attached hydrogens (tertiary/aromatic N) is 1. The molecule has 1 aromatic carbocycles. The Morgan fingerprint density at radius 1 is 1.39 bits per heavy atom. The molecule has 0 fully saturated rings. The summed E-state index contributed by atoms with van der Waals surface area (Å²) in [5.74, 6) is -0.759. The summed E-state index contributed by atoms with van der Waals surface area (Å²) < 4.78 is 5.48.